The number of aromatic nitrogens is 2. The molecule has 0 radical (unpaired) electrons. The lowest BCUT2D eigenvalue weighted by atomic mass is 10.0. The molecule has 0 aliphatic rings. The van der Waals surface area contributed by atoms with Gasteiger partial charge < -0.3 is 9.73 Å². The van der Waals surface area contributed by atoms with E-state index in [9.17, 15) is 9.59 Å². The summed E-state index contributed by atoms with van der Waals surface area (Å²) >= 11 is 0. The van der Waals surface area contributed by atoms with Gasteiger partial charge in [0, 0.05) is 42.5 Å². The maximum atomic E-state index is 12.5. The molecule has 0 aliphatic carbocycles. The van der Waals surface area contributed by atoms with Crippen molar-refractivity contribution in [2.24, 2.45) is 0 Å². The predicted molar refractivity (Wildman–Crippen MR) is 106 cm³/mol. The predicted octanol–water partition coefficient (Wildman–Crippen LogP) is 3.22. The number of nitrogens with one attached hydrogen (secondary N) is 1. The van der Waals surface area contributed by atoms with Crippen LogP contribution in [-0.2, 0) is 6.42 Å². The number of para-hydroxylation sites is 1. The molecule has 0 saturated heterocycles. The maximum Gasteiger partial charge on any atom is 0.344 e. The third kappa shape index (κ3) is 3.81. The zero-order valence-corrected chi connectivity index (χ0v) is 15.0. The topological polar surface area (TPSA) is 85.1 Å². The van der Waals surface area contributed by atoms with Crippen molar-refractivity contribution in [1.29, 1.82) is 0 Å². The number of fused-ring (bicyclic) bond motifs is 1. The first kappa shape index (κ1) is 17.6. The Morgan fingerprint density at radius 1 is 1.04 bits per heavy atom. The SMILES string of the molecule is O=C(NCCc1cnccn1)c1cccc(-c2cc3ccccc3oc2=O)c1. The van der Waals surface area contributed by atoms with Gasteiger partial charge in [0.15, 0.2) is 0 Å². The third-order valence-corrected chi connectivity index (χ3v) is 4.36. The van der Waals surface area contributed by atoms with Crippen LogP contribution in [0.25, 0.3) is 22.1 Å². The van der Waals surface area contributed by atoms with Crippen molar-refractivity contribution in [3.8, 4) is 11.1 Å². The molecule has 6 heteroatoms. The van der Waals surface area contributed by atoms with Crippen molar-refractivity contribution in [3.05, 3.63) is 94.9 Å². The van der Waals surface area contributed by atoms with Crippen molar-refractivity contribution in [2.45, 2.75) is 6.42 Å². The van der Waals surface area contributed by atoms with Gasteiger partial charge in [0.25, 0.3) is 5.91 Å². The standard InChI is InChI=1S/C22H17N3O3/c26-21(25-9-8-18-14-23-10-11-24-18)17-6-3-5-15(12-17)19-13-16-4-1-2-7-20(16)28-22(19)27/h1-7,10-14H,8-9H2,(H,25,26). The highest BCUT2D eigenvalue weighted by Gasteiger charge is 2.11. The lowest BCUT2D eigenvalue weighted by molar-refractivity contribution is 0.0954. The smallest absolute Gasteiger partial charge is 0.344 e. The van der Waals surface area contributed by atoms with E-state index in [1.54, 1.807) is 55.0 Å². The van der Waals surface area contributed by atoms with Gasteiger partial charge in [-0.1, -0.05) is 30.3 Å². The normalized spacial score (nSPS) is 10.7. The molecular formula is C22H17N3O3. The molecule has 1 amide bonds. The Morgan fingerprint density at radius 2 is 1.93 bits per heavy atom. The highest BCUT2D eigenvalue weighted by atomic mass is 16.4. The Morgan fingerprint density at radius 3 is 2.79 bits per heavy atom. The first-order valence-electron chi connectivity index (χ1n) is 8.87. The van der Waals surface area contributed by atoms with Crippen molar-refractivity contribution >= 4 is 16.9 Å². The van der Waals surface area contributed by atoms with Gasteiger partial charge in [-0.05, 0) is 29.8 Å². The Hall–Kier alpha value is -3.80. The number of hydrogen-bond donors (Lipinski definition) is 1. The second kappa shape index (κ2) is 7.84. The van der Waals surface area contributed by atoms with Crippen LogP contribution in [0.15, 0.2) is 82.4 Å². The number of amides is 1. The maximum absolute atomic E-state index is 12.5. The Balaban J connectivity index is 1.53. The lowest BCUT2D eigenvalue weighted by Gasteiger charge is -2.07. The number of hydrogen-bond acceptors (Lipinski definition) is 5. The molecule has 4 aromatic rings. The number of carbonyl (C=O) groups is 1. The zero-order valence-electron chi connectivity index (χ0n) is 15.0. The van der Waals surface area contributed by atoms with Gasteiger partial charge in [0.05, 0.1) is 11.3 Å². The van der Waals surface area contributed by atoms with Crippen LogP contribution in [0.4, 0.5) is 0 Å². The number of benzene rings is 2. The van der Waals surface area contributed by atoms with E-state index >= 15 is 0 Å². The third-order valence-electron chi connectivity index (χ3n) is 4.36. The van der Waals surface area contributed by atoms with Crippen LogP contribution in [-0.4, -0.2) is 22.4 Å². The quantitative estimate of drug-likeness (QED) is 0.545. The van der Waals surface area contributed by atoms with E-state index in [-0.39, 0.29) is 5.91 Å². The molecule has 0 atom stereocenters. The highest BCUT2D eigenvalue weighted by Crippen LogP contribution is 2.21. The number of nitrogens with zero attached hydrogens (tertiary/aromatic N) is 2. The fraction of sp³-hybridized carbons (Fsp3) is 0.0909. The molecule has 2 aromatic carbocycles. The summed E-state index contributed by atoms with van der Waals surface area (Å²) in [6.07, 6.45) is 5.49. The first-order valence-corrected chi connectivity index (χ1v) is 8.87. The Kier molecular flexibility index (Phi) is 4.93. The summed E-state index contributed by atoms with van der Waals surface area (Å²) in [4.78, 5) is 33.0. The molecule has 0 bridgehead atoms. The summed E-state index contributed by atoms with van der Waals surface area (Å²) in [5.74, 6) is -0.212. The van der Waals surface area contributed by atoms with Crippen molar-refractivity contribution in [2.75, 3.05) is 6.54 Å². The number of carbonyl (C=O) groups excluding carboxylic acids is 1. The minimum atomic E-state index is -0.432. The highest BCUT2D eigenvalue weighted by molar-refractivity contribution is 5.95. The van der Waals surface area contributed by atoms with Gasteiger partial charge in [-0.2, -0.15) is 0 Å². The minimum Gasteiger partial charge on any atom is -0.422 e. The van der Waals surface area contributed by atoms with Crippen molar-refractivity contribution < 1.29 is 9.21 Å². The van der Waals surface area contributed by atoms with E-state index in [1.807, 2.05) is 18.2 Å². The molecule has 0 saturated carbocycles. The summed E-state index contributed by atoms with van der Waals surface area (Å²) in [7, 11) is 0. The van der Waals surface area contributed by atoms with Gasteiger partial charge in [0.1, 0.15) is 5.58 Å². The Labute approximate surface area is 160 Å². The van der Waals surface area contributed by atoms with E-state index in [4.69, 9.17) is 4.42 Å². The molecule has 0 unspecified atom stereocenters. The molecular weight excluding hydrogens is 354 g/mol. The van der Waals surface area contributed by atoms with Crippen LogP contribution in [0, 0.1) is 0 Å². The lowest BCUT2D eigenvalue weighted by Crippen LogP contribution is -2.26. The molecule has 28 heavy (non-hydrogen) atoms. The van der Waals surface area contributed by atoms with Crippen LogP contribution in [0.1, 0.15) is 16.1 Å². The van der Waals surface area contributed by atoms with Gasteiger partial charge in [0.2, 0.25) is 0 Å². The molecule has 1 N–H and O–H groups in total. The van der Waals surface area contributed by atoms with E-state index < -0.39 is 5.63 Å². The zero-order chi connectivity index (χ0) is 19.3. The van der Waals surface area contributed by atoms with E-state index in [0.717, 1.165) is 11.1 Å². The van der Waals surface area contributed by atoms with Crippen LogP contribution in [0.2, 0.25) is 0 Å². The van der Waals surface area contributed by atoms with Gasteiger partial charge in [-0.15, -0.1) is 0 Å². The van der Waals surface area contributed by atoms with Crippen molar-refractivity contribution in [3.63, 3.8) is 0 Å². The number of rotatable bonds is 5. The van der Waals surface area contributed by atoms with Crippen LogP contribution < -0.4 is 10.9 Å². The average molecular weight is 371 g/mol. The average Bonchev–Trinajstić information content (AvgIpc) is 2.74. The fourth-order valence-electron chi connectivity index (χ4n) is 2.96. The van der Waals surface area contributed by atoms with E-state index in [0.29, 0.717) is 35.2 Å². The summed E-state index contributed by atoms with van der Waals surface area (Å²) in [6, 6.07) is 16.1. The second-order valence-corrected chi connectivity index (χ2v) is 6.27. The van der Waals surface area contributed by atoms with Gasteiger partial charge >= 0.3 is 5.63 Å². The van der Waals surface area contributed by atoms with E-state index in [2.05, 4.69) is 15.3 Å². The molecule has 6 nitrogen and oxygen atoms in total. The summed E-state index contributed by atoms with van der Waals surface area (Å²) < 4.78 is 5.39. The molecule has 138 valence electrons. The van der Waals surface area contributed by atoms with Crippen molar-refractivity contribution in [1.82, 2.24) is 15.3 Å². The van der Waals surface area contributed by atoms with Crippen LogP contribution in [0.5, 0.6) is 0 Å². The largest absolute Gasteiger partial charge is 0.422 e. The first-order chi connectivity index (χ1) is 13.7. The van der Waals surface area contributed by atoms with E-state index in [1.165, 1.54) is 0 Å². The minimum absolute atomic E-state index is 0.212. The summed E-state index contributed by atoms with van der Waals surface area (Å²) in [6.45, 7) is 0.444. The molecule has 2 heterocycles. The Bertz CT molecular complexity index is 1190. The summed E-state index contributed by atoms with van der Waals surface area (Å²) in [5.41, 5.74) is 2.46. The monoisotopic (exact) mass is 371 g/mol. The molecule has 0 spiro atoms. The molecule has 2 aromatic heterocycles. The van der Waals surface area contributed by atoms with Gasteiger partial charge in [-0.3, -0.25) is 14.8 Å². The molecule has 0 fully saturated rings. The fourth-order valence-corrected chi connectivity index (χ4v) is 2.96. The molecule has 0 aliphatic heterocycles. The summed E-state index contributed by atoms with van der Waals surface area (Å²) in [5, 5.41) is 3.69. The second-order valence-electron chi connectivity index (χ2n) is 6.27. The van der Waals surface area contributed by atoms with Gasteiger partial charge in [-0.25, -0.2) is 4.79 Å². The van der Waals surface area contributed by atoms with Crippen LogP contribution >= 0.6 is 0 Å². The van der Waals surface area contributed by atoms with Crippen LogP contribution in [0.3, 0.4) is 0 Å². The molecule has 4 rings (SSSR count).